The summed E-state index contributed by atoms with van der Waals surface area (Å²) < 4.78 is 5.33. The van der Waals surface area contributed by atoms with Crippen molar-refractivity contribution in [1.82, 2.24) is 14.9 Å². The maximum absolute atomic E-state index is 12.5. The minimum absolute atomic E-state index is 0.00478. The lowest BCUT2D eigenvalue weighted by atomic mass is 10.1. The molecule has 0 radical (unpaired) electrons. The Morgan fingerprint density at radius 1 is 1.25 bits per heavy atom. The number of benzene rings is 2. The van der Waals surface area contributed by atoms with Crippen LogP contribution < -0.4 is 10.3 Å². The number of fused-ring (bicyclic) bond motifs is 1. The molecule has 1 aromatic heterocycles. The first-order valence-electron chi connectivity index (χ1n) is 9.02. The van der Waals surface area contributed by atoms with Crippen molar-refractivity contribution in [1.29, 1.82) is 0 Å². The van der Waals surface area contributed by atoms with Crippen LogP contribution in [-0.2, 0) is 17.8 Å². The summed E-state index contributed by atoms with van der Waals surface area (Å²) in [5.74, 6) is 1.29. The predicted octanol–water partition coefficient (Wildman–Crippen LogP) is 3.57. The molecule has 3 rings (SSSR count). The molecule has 28 heavy (non-hydrogen) atoms. The quantitative estimate of drug-likeness (QED) is 0.659. The molecule has 146 valence electrons. The van der Waals surface area contributed by atoms with Crippen LogP contribution in [0.2, 0.25) is 5.02 Å². The number of hydrogen-bond acceptors (Lipinski definition) is 4. The van der Waals surface area contributed by atoms with Gasteiger partial charge in [-0.2, -0.15) is 0 Å². The van der Waals surface area contributed by atoms with Gasteiger partial charge in [0.1, 0.15) is 11.6 Å². The molecular formula is C21H22ClN3O3. The number of rotatable bonds is 7. The summed E-state index contributed by atoms with van der Waals surface area (Å²) in [5, 5.41) is 1.17. The second kappa shape index (κ2) is 8.89. The Labute approximate surface area is 168 Å². The summed E-state index contributed by atoms with van der Waals surface area (Å²) in [5.41, 5.74) is 1.36. The van der Waals surface area contributed by atoms with Crippen LogP contribution in [0.4, 0.5) is 0 Å². The van der Waals surface area contributed by atoms with Crippen molar-refractivity contribution in [3.63, 3.8) is 0 Å². The fraction of sp³-hybridized carbons (Fsp3) is 0.286. The van der Waals surface area contributed by atoms with Crippen molar-refractivity contribution in [2.24, 2.45) is 0 Å². The van der Waals surface area contributed by atoms with Gasteiger partial charge in [0.2, 0.25) is 5.91 Å². The zero-order valence-electron chi connectivity index (χ0n) is 15.9. The Bertz CT molecular complexity index is 1050. The van der Waals surface area contributed by atoms with E-state index in [4.69, 9.17) is 16.3 Å². The van der Waals surface area contributed by atoms with E-state index in [2.05, 4.69) is 9.97 Å². The van der Waals surface area contributed by atoms with E-state index in [9.17, 15) is 9.59 Å². The SMILES string of the molecule is COc1ccc(Cl)cc1CN(C)C(=O)CCCc1nc2ccccc2c(=O)[nH]1. The number of nitrogens with one attached hydrogen (secondary N) is 1. The van der Waals surface area contributed by atoms with Gasteiger partial charge < -0.3 is 14.6 Å². The largest absolute Gasteiger partial charge is 0.496 e. The molecule has 0 fully saturated rings. The van der Waals surface area contributed by atoms with Crippen molar-refractivity contribution in [3.8, 4) is 5.75 Å². The third-order valence-electron chi connectivity index (χ3n) is 4.54. The fourth-order valence-corrected chi connectivity index (χ4v) is 3.26. The molecule has 0 bridgehead atoms. The number of aryl methyl sites for hydroxylation is 1. The van der Waals surface area contributed by atoms with Crippen molar-refractivity contribution in [2.75, 3.05) is 14.2 Å². The highest BCUT2D eigenvalue weighted by molar-refractivity contribution is 6.30. The average molecular weight is 400 g/mol. The van der Waals surface area contributed by atoms with E-state index in [-0.39, 0.29) is 11.5 Å². The first kappa shape index (κ1) is 19.9. The molecule has 1 N–H and O–H groups in total. The minimum Gasteiger partial charge on any atom is -0.496 e. The maximum atomic E-state index is 12.5. The number of para-hydroxylation sites is 1. The average Bonchev–Trinajstić information content (AvgIpc) is 2.68. The highest BCUT2D eigenvalue weighted by Crippen LogP contribution is 2.24. The van der Waals surface area contributed by atoms with Crippen LogP contribution in [0.25, 0.3) is 10.9 Å². The van der Waals surface area contributed by atoms with Crippen molar-refractivity contribution >= 4 is 28.4 Å². The lowest BCUT2D eigenvalue weighted by Crippen LogP contribution is -2.26. The first-order valence-corrected chi connectivity index (χ1v) is 9.40. The lowest BCUT2D eigenvalue weighted by Gasteiger charge is -2.19. The molecule has 0 atom stereocenters. The molecule has 0 spiro atoms. The van der Waals surface area contributed by atoms with Crippen LogP contribution in [0.15, 0.2) is 47.3 Å². The molecular weight excluding hydrogens is 378 g/mol. The minimum atomic E-state index is -0.155. The van der Waals surface area contributed by atoms with Crippen LogP contribution in [0.3, 0.4) is 0 Å². The van der Waals surface area contributed by atoms with Crippen molar-refractivity contribution in [3.05, 3.63) is 69.2 Å². The number of hydrogen-bond donors (Lipinski definition) is 1. The number of amides is 1. The number of aromatic amines is 1. The summed E-state index contributed by atoms with van der Waals surface area (Å²) in [6, 6.07) is 12.6. The summed E-state index contributed by atoms with van der Waals surface area (Å²) in [6.45, 7) is 0.410. The number of carbonyl (C=O) groups excluding carboxylic acids is 1. The molecule has 7 heteroatoms. The highest BCUT2D eigenvalue weighted by atomic mass is 35.5. The Balaban J connectivity index is 1.58. The number of H-pyrrole nitrogens is 1. The van der Waals surface area contributed by atoms with Gasteiger partial charge in [0.25, 0.3) is 5.56 Å². The molecule has 3 aromatic rings. The maximum Gasteiger partial charge on any atom is 0.258 e. The molecule has 0 saturated heterocycles. The third-order valence-corrected chi connectivity index (χ3v) is 4.78. The van der Waals surface area contributed by atoms with Crippen LogP contribution in [0, 0.1) is 0 Å². The van der Waals surface area contributed by atoms with Gasteiger partial charge in [0.05, 0.1) is 18.0 Å². The zero-order chi connectivity index (χ0) is 20.1. The van der Waals surface area contributed by atoms with Gasteiger partial charge in [-0.3, -0.25) is 9.59 Å². The van der Waals surface area contributed by atoms with Gasteiger partial charge in [-0.15, -0.1) is 0 Å². The molecule has 2 aromatic carbocycles. The molecule has 6 nitrogen and oxygen atoms in total. The van der Waals surface area contributed by atoms with Crippen LogP contribution in [0.1, 0.15) is 24.2 Å². The third kappa shape index (κ3) is 4.70. The standard InChI is InChI=1S/C21H22ClN3O3/c1-25(13-14-12-15(22)10-11-18(14)28-2)20(26)9-5-8-19-23-17-7-4-3-6-16(17)21(27)24-19/h3-4,6-7,10-12H,5,8-9,13H2,1-2H3,(H,23,24,27). The van der Waals surface area contributed by atoms with E-state index < -0.39 is 0 Å². The Morgan fingerprint density at radius 3 is 2.82 bits per heavy atom. The molecule has 0 unspecified atom stereocenters. The zero-order valence-corrected chi connectivity index (χ0v) is 16.6. The Morgan fingerprint density at radius 2 is 2.04 bits per heavy atom. The smallest absolute Gasteiger partial charge is 0.258 e. The molecule has 0 aliphatic rings. The lowest BCUT2D eigenvalue weighted by molar-refractivity contribution is -0.130. The number of ether oxygens (including phenoxy) is 1. The number of carbonyl (C=O) groups is 1. The van der Waals surface area contributed by atoms with Crippen LogP contribution >= 0.6 is 11.6 Å². The van der Waals surface area contributed by atoms with E-state index >= 15 is 0 Å². The van der Waals surface area contributed by atoms with Gasteiger partial charge in [0, 0.05) is 37.0 Å². The first-order chi connectivity index (χ1) is 13.5. The summed E-state index contributed by atoms with van der Waals surface area (Å²) in [4.78, 5) is 33.5. The summed E-state index contributed by atoms with van der Waals surface area (Å²) in [7, 11) is 3.34. The molecule has 0 saturated carbocycles. The van der Waals surface area contributed by atoms with Gasteiger partial charge >= 0.3 is 0 Å². The van der Waals surface area contributed by atoms with E-state index in [0.717, 1.165) is 5.56 Å². The number of methoxy groups -OCH3 is 1. The van der Waals surface area contributed by atoms with E-state index in [1.165, 1.54) is 0 Å². The fourth-order valence-electron chi connectivity index (χ4n) is 3.07. The second-order valence-electron chi connectivity index (χ2n) is 6.59. The second-order valence-corrected chi connectivity index (χ2v) is 7.03. The number of aromatic nitrogens is 2. The number of halogens is 1. The van der Waals surface area contributed by atoms with Gasteiger partial charge in [-0.05, 0) is 36.8 Å². The van der Waals surface area contributed by atoms with Crippen molar-refractivity contribution in [2.45, 2.75) is 25.8 Å². The molecule has 0 aliphatic heterocycles. The van der Waals surface area contributed by atoms with E-state index in [0.29, 0.717) is 53.3 Å². The van der Waals surface area contributed by atoms with Gasteiger partial charge in [-0.1, -0.05) is 23.7 Å². The van der Waals surface area contributed by atoms with Gasteiger partial charge in [0.15, 0.2) is 0 Å². The summed E-state index contributed by atoms with van der Waals surface area (Å²) >= 11 is 6.05. The molecule has 1 heterocycles. The molecule has 0 aliphatic carbocycles. The van der Waals surface area contributed by atoms with Crippen LogP contribution in [0.5, 0.6) is 5.75 Å². The monoisotopic (exact) mass is 399 g/mol. The Hall–Kier alpha value is -2.86. The van der Waals surface area contributed by atoms with E-state index in [1.807, 2.05) is 18.2 Å². The topological polar surface area (TPSA) is 75.3 Å². The van der Waals surface area contributed by atoms with Crippen molar-refractivity contribution < 1.29 is 9.53 Å². The predicted molar refractivity (Wildman–Crippen MR) is 110 cm³/mol. The van der Waals surface area contributed by atoms with E-state index in [1.54, 1.807) is 43.3 Å². The Kier molecular flexibility index (Phi) is 6.31. The highest BCUT2D eigenvalue weighted by Gasteiger charge is 2.13. The number of nitrogens with zero attached hydrogens (tertiary/aromatic N) is 2. The normalized spacial score (nSPS) is 10.8. The summed E-state index contributed by atoms with van der Waals surface area (Å²) in [6.07, 6.45) is 1.48. The molecule has 1 amide bonds. The van der Waals surface area contributed by atoms with Crippen LogP contribution in [-0.4, -0.2) is 34.9 Å². The van der Waals surface area contributed by atoms with Gasteiger partial charge in [-0.25, -0.2) is 4.98 Å².